The van der Waals surface area contributed by atoms with Gasteiger partial charge in [-0.15, -0.1) is 0 Å². The molecule has 9 atom stereocenters. The van der Waals surface area contributed by atoms with Crippen LogP contribution in [0.25, 0.3) is 0 Å². The molecule has 1 aromatic rings. The van der Waals surface area contributed by atoms with Crippen molar-refractivity contribution in [1.82, 2.24) is 0 Å². The number of carbonyl (C=O) groups is 4. The van der Waals surface area contributed by atoms with Crippen LogP contribution in [0.2, 0.25) is 0 Å². The molecule has 6 rings (SSSR count). The summed E-state index contributed by atoms with van der Waals surface area (Å²) in [5, 5.41) is 0. The van der Waals surface area contributed by atoms with Gasteiger partial charge in [-0.3, -0.25) is 19.2 Å². The molecule has 0 bridgehead atoms. The molecule has 8 heteroatoms. The van der Waals surface area contributed by atoms with E-state index >= 15 is 0 Å². The SMILES string of the molecule is CC(=O)OC1C(OC(C)=O)C2(C)C(=CCC2c2ccoc2)C2(C)C(=O)CC3C(C)(C)OC4CC(=O)CC43C12. The third kappa shape index (κ3) is 3.01. The van der Waals surface area contributed by atoms with E-state index in [-0.39, 0.29) is 42.7 Å². The molecule has 0 aromatic carbocycles. The molecule has 0 N–H and O–H groups in total. The number of ketones is 2. The number of furan rings is 1. The first-order valence-electron chi connectivity index (χ1n) is 13.6. The first-order valence-corrected chi connectivity index (χ1v) is 13.6. The number of fused-ring (bicyclic) bond motifs is 3. The van der Waals surface area contributed by atoms with Crippen molar-refractivity contribution >= 4 is 23.5 Å². The average molecular weight is 525 g/mol. The van der Waals surface area contributed by atoms with E-state index < -0.39 is 58.0 Å². The van der Waals surface area contributed by atoms with Gasteiger partial charge in [-0.05, 0) is 38.8 Å². The van der Waals surface area contributed by atoms with Crippen LogP contribution >= 0.6 is 0 Å². The zero-order chi connectivity index (χ0) is 27.4. The van der Waals surface area contributed by atoms with Gasteiger partial charge >= 0.3 is 11.9 Å². The van der Waals surface area contributed by atoms with Crippen molar-refractivity contribution in [3.63, 3.8) is 0 Å². The zero-order valence-corrected chi connectivity index (χ0v) is 22.9. The summed E-state index contributed by atoms with van der Waals surface area (Å²) in [6.45, 7) is 10.6. The molecule has 1 spiro atoms. The highest BCUT2D eigenvalue weighted by Crippen LogP contribution is 2.75. The van der Waals surface area contributed by atoms with Crippen LogP contribution in [-0.4, -0.2) is 47.4 Å². The highest BCUT2D eigenvalue weighted by atomic mass is 16.6. The molecule has 4 fully saturated rings. The van der Waals surface area contributed by atoms with Crippen molar-refractivity contribution in [2.45, 2.75) is 97.1 Å². The summed E-state index contributed by atoms with van der Waals surface area (Å²) in [4.78, 5) is 52.9. The molecule has 1 aliphatic heterocycles. The number of esters is 2. The maximum Gasteiger partial charge on any atom is 0.303 e. The molecule has 5 aliphatic rings. The van der Waals surface area contributed by atoms with Crippen LogP contribution in [-0.2, 0) is 33.4 Å². The van der Waals surface area contributed by atoms with E-state index in [2.05, 4.69) is 6.08 Å². The van der Waals surface area contributed by atoms with E-state index in [9.17, 15) is 19.2 Å². The van der Waals surface area contributed by atoms with Crippen LogP contribution in [0.5, 0.6) is 0 Å². The van der Waals surface area contributed by atoms with Gasteiger partial charge in [0.25, 0.3) is 0 Å². The van der Waals surface area contributed by atoms with E-state index in [4.69, 9.17) is 18.6 Å². The Morgan fingerprint density at radius 2 is 1.74 bits per heavy atom. The van der Waals surface area contributed by atoms with Gasteiger partial charge in [0.2, 0.25) is 0 Å². The Morgan fingerprint density at radius 3 is 2.37 bits per heavy atom. The number of hydrogen-bond acceptors (Lipinski definition) is 8. The van der Waals surface area contributed by atoms with Gasteiger partial charge in [0.15, 0.2) is 0 Å². The number of hydrogen-bond donors (Lipinski definition) is 0. The normalized spacial score (nSPS) is 44.5. The summed E-state index contributed by atoms with van der Waals surface area (Å²) in [5.41, 5.74) is -1.41. The standard InChI is InChI=1S/C30H36O8/c1-15(31)36-24-25-29(6,22(34)12-21-27(3,4)38-23-11-18(33)13-30(21,23)25)20-8-7-19(17-9-10-35-14-17)28(20,5)26(24)37-16(2)32/h8-10,14,19,21,23-26H,7,11-13H2,1-6H3. The largest absolute Gasteiger partial charge is 0.472 e. The Bertz CT molecular complexity index is 1260. The number of ether oxygens (including phenoxy) is 3. The molecular weight excluding hydrogens is 488 g/mol. The van der Waals surface area contributed by atoms with Crippen LogP contribution in [0.1, 0.15) is 78.7 Å². The Labute approximate surface area is 222 Å². The second kappa shape index (κ2) is 7.90. The lowest BCUT2D eigenvalue weighted by Crippen LogP contribution is -2.71. The lowest BCUT2D eigenvalue weighted by Gasteiger charge is -2.64. The molecule has 4 aliphatic carbocycles. The first-order chi connectivity index (χ1) is 17.8. The third-order valence-electron chi connectivity index (χ3n) is 10.8. The fraction of sp³-hybridized carbons (Fsp3) is 0.667. The van der Waals surface area contributed by atoms with Gasteiger partial charge < -0.3 is 18.6 Å². The van der Waals surface area contributed by atoms with Crippen LogP contribution in [0.4, 0.5) is 0 Å². The van der Waals surface area contributed by atoms with Gasteiger partial charge in [0.1, 0.15) is 23.8 Å². The topological polar surface area (TPSA) is 109 Å². The minimum atomic E-state index is -1.03. The number of rotatable bonds is 3. The van der Waals surface area contributed by atoms with Crippen molar-refractivity contribution in [3.8, 4) is 0 Å². The molecule has 1 saturated heterocycles. The molecule has 38 heavy (non-hydrogen) atoms. The predicted octanol–water partition coefficient (Wildman–Crippen LogP) is 4.31. The van der Waals surface area contributed by atoms with Crippen molar-refractivity contribution in [2.24, 2.45) is 28.1 Å². The van der Waals surface area contributed by atoms with Crippen LogP contribution < -0.4 is 0 Å². The lowest BCUT2D eigenvalue weighted by molar-refractivity contribution is -0.221. The van der Waals surface area contributed by atoms with Gasteiger partial charge in [0.05, 0.1) is 29.6 Å². The van der Waals surface area contributed by atoms with E-state index in [1.54, 1.807) is 12.5 Å². The summed E-state index contributed by atoms with van der Waals surface area (Å²) in [6, 6.07) is 1.89. The van der Waals surface area contributed by atoms with E-state index in [0.717, 1.165) is 11.1 Å². The Hall–Kier alpha value is -2.74. The van der Waals surface area contributed by atoms with Gasteiger partial charge in [0, 0.05) is 61.7 Å². The number of carbonyl (C=O) groups excluding carboxylic acids is 4. The second-order valence-electron chi connectivity index (χ2n) is 13.0. The predicted molar refractivity (Wildman–Crippen MR) is 134 cm³/mol. The molecule has 3 saturated carbocycles. The van der Waals surface area contributed by atoms with E-state index in [1.807, 2.05) is 33.8 Å². The third-order valence-corrected chi connectivity index (χ3v) is 10.8. The molecule has 0 amide bonds. The van der Waals surface area contributed by atoms with Gasteiger partial charge in [-0.25, -0.2) is 0 Å². The fourth-order valence-corrected chi connectivity index (χ4v) is 9.72. The van der Waals surface area contributed by atoms with E-state index in [0.29, 0.717) is 6.42 Å². The minimum absolute atomic E-state index is 0.0542. The summed E-state index contributed by atoms with van der Waals surface area (Å²) >= 11 is 0. The highest BCUT2D eigenvalue weighted by Gasteiger charge is 2.80. The van der Waals surface area contributed by atoms with Crippen molar-refractivity contribution in [2.75, 3.05) is 0 Å². The summed E-state index contributed by atoms with van der Waals surface area (Å²) in [6.07, 6.45) is 4.61. The maximum atomic E-state index is 14.4. The quantitative estimate of drug-likeness (QED) is 0.425. The van der Waals surface area contributed by atoms with Crippen molar-refractivity contribution in [3.05, 3.63) is 35.8 Å². The zero-order valence-electron chi connectivity index (χ0n) is 22.9. The van der Waals surface area contributed by atoms with Gasteiger partial charge in [-0.2, -0.15) is 0 Å². The van der Waals surface area contributed by atoms with Crippen LogP contribution in [0, 0.1) is 28.1 Å². The van der Waals surface area contributed by atoms with E-state index in [1.165, 1.54) is 13.8 Å². The van der Waals surface area contributed by atoms with Gasteiger partial charge in [-0.1, -0.05) is 18.6 Å². The molecule has 204 valence electrons. The Balaban J connectivity index is 1.63. The Morgan fingerprint density at radius 1 is 1.03 bits per heavy atom. The molecular formula is C30H36O8. The smallest absolute Gasteiger partial charge is 0.303 e. The monoisotopic (exact) mass is 524 g/mol. The Kier molecular flexibility index (Phi) is 5.31. The second-order valence-corrected chi connectivity index (χ2v) is 13.0. The maximum absolute atomic E-state index is 14.4. The summed E-state index contributed by atoms with van der Waals surface area (Å²) in [7, 11) is 0. The minimum Gasteiger partial charge on any atom is -0.472 e. The van der Waals surface area contributed by atoms with Crippen LogP contribution in [0.15, 0.2) is 34.7 Å². The molecule has 0 radical (unpaired) electrons. The molecule has 2 heterocycles. The molecule has 9 unspecified atom stereocenters. The average Bonchev–Trinajstić information content (AvgIpc) is 3.54. The number of Topliss-reactive ketones (excluding diaryl/α,β-unsaturated/α-hetero) is 2. The van der Waals surface area contributed by atoms with Crippen molar-refractivity contribution < 1.29 is 37.8 Å². The molecule has 8 nitrogen and oxygen atoms in total. The summed E-state index contributed by atoms with van der Waals surface area (Å²) in [5.74, 6) is -1.85. The first kappa shape index (κ1) is 25.5. The molecule has 1 aromatic heterocycles. The van der Waals surface area contributed by atoms with Crippen molar-refractivity contribution in [1.29, 1.82) is 0 Å². The fourth-order valence-electron chi connectivity index (χ4n) is 9.72. The highest BCUT2D eigenvalue weighted by molar-refractivity contribution is 5.93. The van der Waals surface area contributed by atoms with Crippen LogP contribution in [0.3, 0.4) is 0 Å². The lowest BCUT2D eigenvalue weighted by atomic mass is 9.39. The number of allylic oxidation sites excluding steroid dienone is 1. The summed E-state index contributed by atoms with van der Waals surface area (Å²) < 4.78 is 24.3.